The van der Waals surface area contributed by atoms with Gasteiger partial charge in [-0.2, -0.15) is 0 Å². The molecule has 0 radical (unpaired) electrons. The van der Waals surface area contributed by atoms with E-state index in [1.807, 2.05) is 22.9 Å². The molecule has 3 aromatic rings. The zero-order chi connectivity index (χ0) is 14.4. The van der Waals surface area contributed by atoms with Gasteiger partial charge in [0.05, 0.1) is 5.69 Å². The van der Waals surface area contributed by atoms with Crippen LogP contribution in [-0.2, 0) is 5.75 Å². The predicted molar refractivity (Wildman–Crippen MR) is 81.6 cm³/mol. The number of fused-ring (bicyclic) bond motifs is 1. The van der Waals surface area contributed by atoms with Gasteiger partial charge in [-0.3, -0.25) is 0 Å². The smallest absolute Gasteiger partial charge is 0.210 e. The highest BCUT2D eigenvalue weighted by Gasteiger charge is 2.29. The van der Waals surface area contributed by atoms with E-state index in [9.17, 15) is 0 Å². The number of pyridine rings is 1. The Morgan fingerprint density at radius 3 is 3.00 bits per heavy atom. The van der Waals surface area contributed by atoms with E-state index in [2.05, 4.69) is 28.2 Å². The highest BCUT2D eigenvalue weighted by molar-refractivity contribution is 7.98. The summed E-state index contributed by atoms with van der Waals surface area (Å²) in [5, 5.41) is 9.12. The minimum Gasteiger partial charge on any atom is -0.336 e. The van der Waals surface area contributed by atoms with Crippen LogP contribution in [0.4, 0.5) is 0 Å². The molecule has 0 atom stereocenters. The van der Waals surface area contributed by atoms with Gasteiger partial charge in [-0.05, 0) is 31.4 Å². The molecule has 21 heavy (non-hydrogen) atoms. The van der Waals surface area contributed by atoms with E-state index in [1.165, 1.54) is 18.4 Å². The number of hydrogen-bond acceptors (Lipinski definition) is 5. The molecule has 3 aromatic heterocycles. The van der Waals surface area contributed by atoms with Crippen molar-refractivity contribution in [3.8, 4) is 0 Å². The summed E-state index contributed by atoms with van der Waals surface area (Å²) in [6.45, 7) is 2.07. The minimum atomic E-state index is 0.509. The third-order valence-electron chi connectivity index (χ3n) is 3.71. The lowest BCUT2D eigenvalue weighted by Gasteiger charge is -2.00. The van der Waals surface area contributed by atoms with Crippen molar-refractivity contribution in [2.45, 2.75) is 36.6 Å². The van der Waals surface area contributed by atoms with Crippen LogP contribution in [0.25, 0.3) is 5.65 Å². The Hall–Kier alpha value is -2.02. The Balaban J connectivity index is 1.54. The van der Waals surface area contributed by atoms with Gasteiger partial charge in [-0.1, -0.05) is 17.8 Å². The molecule has 2 N–H and O–H groups in total. The average Bonchev–Trinajstić information content (AvgIpc) is 3.11. The fourth-order valence-electron chi connectivity index (χ4n) is 2.42. The first-order valence-electron chi connectivity index (χ1n) is 6.99. The zero-order valence-corrected chi connectivity index (χ0v) is 12.5. The lowest BCUT2D eigenvalue weighted by atomic mass is 10.3. The maximum Gasteiger partial charge on any atom is 0.210 e. The van der Waals surface area contributed by atoms with Crippen LogP contribution in [0.5, 0.6) is 0 Å². The number of hydrogen-bond donors (Lipinski definition) is 1. The van der Waals surface area contributed by atoms with Gasteiger partial charge in [0.15, 0.2) is 5.82 Å². The topological polar surface area (TPSA) is 74.0 Å². The van der Waals surface area contributed by atoms with Gasteiger partial charge in [0.2, 0.25) is 5.16 Å². The number of nitrogens with two attached hydrogens (primary N) is 1. The summed E-state index contributed by atoms with van der Waals surface area (Å²) in [7, 11) is 0. The van der Waals surface area contributed by atoms with Crippen LogP contribution < -0.4 is 5.84 Å². The molecule has 7 heteroatoms. The van der Waals surface area contributed by atoms with Crippen LogP contribution in [0.3, 0.4) is 0 Å². The van der Waals surface area contributed by atoms with Crippen molar-refractivity contribution in [3.05, 3.63) is 41.6 Å². The molecular weight excluding hydrogens is 284 g/mol. The van der Waals surface area contributed by atoms with Gasteiger partial charge in [0.1, 0.15) is 5.65 Å². The third kappa shape index (κ3) is 2.27. The van der Waals surface area contributed by atoms with Gasteiger partial charge < -0.3 is 10.2 Å². The summed E-state index contributed by atoms with van der Waals surface area (Å²) in [5.41, 5.74) is 3.19. The monoisotopic (exact) mass is 300 g/mol. The quantitative estimate of drug-likeness (QED) is 0.590. The van der Waals surface area contributed by atoms with Crippen molar-refractivity contribution < 1.29 is 0 Å². The van der Waals surface area contributed by atoms with E-state index in [-0.39, 0.29) is 0 Å². The van der Waals surface area contributed by atoms with Crippen molar-refractivity contribution >= 4 is 17.4 Å². The lowest BCUT2D eigenvalue weighted by molar-refractivity contribution is 0.790. The zero-order valence-electron chi connectivity index (χ0n) is 11.7. The summed E-state index contributed by atoms with van der Waals surface area (Å²) < 4.78 is 3.68. The fourth-order valence-corrected chi connectivity index (χ4v) is 3.17. The standard InChI is InChI=1S/C14H16N6S/c1-9-3-2-6-19-7-11(16-12(9)19)8-21-14-18-17-13(20(14)15)10-4-5-10/h2-3,6-7,10H,4-5,8,15H2,1H3. The summed E-state index contributed by atoms with van der Waals surface area (Å²) in [5.74, 6) is 8.20. The molecule has 0 saturated heterocycles. The van der Waals surface area contributed by atoms with Crippen LogP contribution in [0, 0.1) is 6.92 Å². The summed E-state index contributed by atoms with van der Waals surface area (Å²) in [6.07, 6.45) is 6.41. The highest BCUT2D eigenvalue weighted by atomic mass is 32.2. The number of imidazole rings is 1. The Kier molecular flexibility index (Phi) is 2.88. The Bertz CT molecular complexity index is 801. The first kappa shape index (κ1) is 12.7. The van der Waals surface area contributed by atoms with E-state index in [0.29, 0.717) is 5.92 Å². The molecule has 1 saturated carbocycles. The second-order valence-corrected chi connectivity index (χ2v) is 6.37. The number of thioether (sulfide) groups is 1. The first-order chi connectivity index (χ1) is 10.2. The number of nitrogen functional groups attached to an aromatic ring is 1. The molecule has 0 amide bonds. The maximum atomic E-state index is 6.05. The molecule has 1 fully saturated rings. The van der Waals surface area contributed by atoms with Crippen LogP contribution in [-0.4, -0.2) is 24.3 Å². The van der Waals surface area contributed by atoms with E-state index < -0.39 is 0 Å². The molecule has 1 aliphatic carbocycles. The van der Waals surface area contributed by atoms with E-state index in [4.69, 9.17) is 5.84 Å². The normalized spacial score (nSPS) is 14.9. The molecule has 0 unspecified atom stereocenters. The molecule has 108 valence electrons. The SMILES string of the molecule is Cc1cccn2cc(CSc3nnc(C4CC4)n3N)nc12. The van der Waals surface area contributed by atoms with Gasteiger partial charge >= 0.3 is 0 Å². The van der Waals surface area contributed by atoms with Crippen molar-refractivity contribution in [2.24, 2.45) is 0 Å². The molecule has 4 rings (SSSR count). The average molecular weight is 300 g/mol. The fraction of sp³-hybridized carbons (Fsp3) is 0.357. The van der Waals surface area contributed by atoms with Crippen LogP contribution in [0.2, 0.25) is 0 Å². The number of aryl methyl sites for hydroxylation is 1. The van der Waals surface area contributed by atoms with Gasteiger partial charge in [0, 0.05) is 24.1 Å². The van der Waals surface area contributed by atoms with Gasteiger partial charge in [-0.15, -0.1) is 10.2 Å². The molecule has 6 nitrogen and oxygen atoms in total. The molecule has 0 spiro atoms. The highest BCUT2D eigenvalue weighted by Crippen LogP contribution is 2.39. The van der Waals surface area contributed by atoms with Crippen LogP contribution >= 0.6 is 11.8 Å². The largest absolute Gasteiger partial charge is 0.336 e. The second kappa shape index (κ2) is 4.77. The maximum absolute atomic E-state index is 6.05. The molecule has 3 heterocycles. The van der Waals surface area contributed by atoms with Gasteiger partial charge in [-0.25, -0.2) is 9.66 Å². The number of aromatic nitrogens is 5. The Morgan fingerprint density at radius 1 is 1.38 bits per heavy atom. The predicted octanol–water partition coefficient (Wildman–Crippen LogP) is 2.12. The summed E-state index contributed by atoms with van der Waals surface area (Å²) >= 11 is 1.58. The summed E-state index contributed by atoms with van der Waals surface area (Å²) in [6, 6.07) is 4.09. The Labute approximate surface area is 126 Å². The van der Waals surface area contributed by atoms with E-state index in [0.717, 1.165) is 28.1 Å². The van der Waals surface area contributed by atoms with Crippen molar-refractivity contribution in [3.63, 3.8) is 0 Å². The molecule has 0 aromatic carbocycles. The molecular formula is C14H16N6S. The van der Waals surface area contributed by atoms with Crippen molar-refractivity contribution in [2.75, 3.05) is 5.84 Å². The van der Waals surface area contributed by atoms with Crippen LogP contribution in [0.1, 0.15) is 35.8 Å². The number of rotatable bonds is 4. The van der Waals surface area contributed by atoms with Gasteiger partial charge in [0.25, 0.3) is 0 Å². The third-order valence-corrected chi connectivity index (χ3v) is 4.69. The Morgan fingerprint density at radius 2 is 2.24 bits per heavy atom. The van der Waals surface area contributed by atoms with E-state index in [1.54, 1.807) is 16.4 Å². The molecule has 0 bridgehead atoms. The second-order valence-electron chi connectivity index (χ2n) is 5.43. The molecule has 0 aliphatic heterocycles. The van der Waals surface area contributed by atoms with E-state index >= 15 is 0 Å². The minimum absolute atomic E-state index is 0.509. The van der Waals surface area contributed by atoms with Crippen LogP contribution in [0.15, 0.2) is 29.7 Å². The summed E-state index contributed by atoms with van der Waals surface area (Å²) in [4.78, 5) is 4.66. The first-order valence-corrected chi connectivity index (χ1v) is 7.97. The van der Waals surface area contributed by atoms with Crippen molar-refractivity contribution in [1.29, 1.82) is 0 Å². The van der Waals surface area contributed by atoms with Crippen molar-refractivity contribution in [1.82, 2.24) is 24.3 Å². The molecule has 1 aliphatic rings. The number of nitrogens with zero attached hydrogens (tertiary/aromatic N) is 5. The lowest BCUT2D eigenvalue weighted by Crippen LogP contribution is -2.13.